The number of alkyl carbamates (subject to hydrolysis) is 1. The number of phenols is 1. The maximum atomic E-state index is 13.3. The summed E-state index contributed by atoms with van der Waals surface area (Å²) in [5, 5.41) is 17.8. The number of anilines is 1. The molecule has 3 atom stereocenters. The monoisotopic (exact) mass is 522 g/mol. The summed E-state index contributed by atoms with van der Waals surface area (Å²) in [4.78, 5) is 50.4. The molecule has 0 aliphatic heterocycles. The van der Waals surface area contributed by atoms with Crippen molar-refractivity contribution in [3.63, 3.8) is 0 Å². The molecule has 1 aromatic carbocycles. The Labute approximate surface area is 218 Å². The zero-order valence-electron chi connectivity index (χ0n) is 23.2. The predicted octanol–water partition coefficient (Wildman–Crippen LogP) is 2.77. The minimum Gasteiger partial charge on any atom is -0.508 e. The van der Waals surface area contributed by atoms with Gasteiger partial charge in [0.05, 0.1) is 12.6 Å². The average molecular weight is 523 g/mol. The molecular formula is C26H42N4O7. The molecule has 11 heteroatoms. The van der Waals surface area contributed by atoms with Crippen LogP contribution < -0.4 is 21.7 Å². The first-order chi connectivity index (χ1) is 16.8. The number of ether oxygens (including phenoxy) is 2. The average Bonchev–Trinajstić information content (AvgIpc) is 2.69. The van der Waals surface area contributed by atoms with Crippen LogP contribution in [0, 0.1) is 5.92 Å². The number of nitrogens with one attached hydrogen (secondary N) is 3. The van der Waals surface area contributed by atoms with Gasteiger partial charge < -0.3 is 36.3 Å². The Kier molecular flexibility index (Phi) is 10.9. The van der Waals surface area contributed by atoms with Crippen molar-refractivity contribution in [2.24, 2.45) is 11.7 Å². The third kappa shape index (κ3) is 11.1. The van der Waals surface area contributed by atoms with Crippen LogP contribution in [0.4, 0.5) is 10.5 Å². The van der Waals surface area contributed by atoms with Crippen LogP contribution in [0.3, 0.4) is 0 Å². The van der Waals surface area contributed by atoms with Crippen molar-refractivity contribution in [1.82, 2.24) is 10.6 Å². The van der Waals surface area contributed by atoms with Gasteiger partial charge in [-0.15, -0.1) is 0 Å². The molecule has 0 saturated carbocycles. The van der Waals surface area contributed by atoms with Crippen LogP contribution in [0.5, 0.6) is 5.75 Å². The van der Waals surface area contributed by atoms with Gasteiger partial charge in [0.25, 0.3) is 0 Å². The normalized spacial score (nSPS) is 14.2. The van der Waals surface area contributed by atoms with Crippen molar-refractivity contribution in [3.05, 3.63) is 23.8 Å². The number of aromatic hydroxyl groups is 1. The number of hydrogen-bond donors (Lipinski definition) is 5. The molecule has 1 rings (SSSR count). The molecule has 0 fully saturated rings. The lowest BCUT2D eigenvalue weighted by atomic mass is 9.81. The van der Waals surface area contributed by atoms with Gasteiger partial charge in [-0.25, -0.2) is 9.59 Å². The molecule has 0 aliphatic carbocycles. The summed E-state index contributed by atoms with van der Waals surface area (Å²) in [6.45, 7) is 15.1. The van der Waals surface area contributed by atoms with E-state index in [9.17, 15) is 24.3 Å². The maximum Gasteiger partial charge on any atom is 0.408 e. The van der Waals surface area contributed by atoms with E-state index in [1.165, 1.54) is 19.1 Å². The highest BCUT2D eigenvalue weighted by Gasteiger charge is 2.38. The third-order valence-corrected chi connectivity index (χ3v) is 4.92. The van der Waals surface area contributed by atoms with Crippen LogP contribution in [-0.2, 0) is 23.9 Å². The fraction of sp³-hybridized carbons (Fsp3) is 0.615. The first-order valence-electron chi connectivity index (χ1n) is 12.2. The molecule has 0 radical (unpaired) electrons. The molecule has 208 valence electrons. The molecule has 0 aromatic heterocycles. The van der Waals surface area contributed by atoms with Crippen molar-refractivity contribution < 1.29 is 33.8 Å². The number of phenolic OH excluding ortho intramolecular Hbond substituents is 1. The molecule has 1 aromatic rings. The Bertz CT molecular complexity index is 978. The van der Waals surface area contributed by atoms with Crippen molar-refractivity contribution >= 4 is 29.6 Å². The lowest BCUT2D eigenvalue weighted by Gasteiger charge is -2.33. The van der Waals surface area contributed by atoms with Crippen molar-refractivity contribution in [2.45, 2.75) is 91.5 Å². The SMILES string of the molecule is CC(C)[C@H](c1ccc(O)cc1NC(=O)CNC(=O)[C@@H](C)N)[C@@H](NC(=O)OC(C)(C)C)C(=O)OC(C)(C)C. The number of amides is 3. The zero-order valence-corrected chi connectivity index (χ0v) is 23.2. The summed E-state index contributed by atoms with van der Waals surface area (Å²) in [6, 6.07) is 2.33. The molecule has 0 spiro atoms. The van der Waals surface area contributed by atoms with Gasteiger partial charge in [-0.3, -0.25) is 9.59 Å². The third-order valence-electron chi connectivity index (χ3n) is 4.92. The highest BCUT2D eigenvalue weighted by Crippen LogP contribution is 2.36. The molecule has 0 aliphatic rings. The van der Waals surface area contributed by atoms with Gasteiger partial charge in [0.2, 0.25) is 11.8 Å². The smallest absolute Gasteiger partial charge is 0.408 e. The lowest BCUT2D eigenvalue weighted by Crippen LogP contribution is -2.50. The quantitative estimate of drug-likeness (QED) is 0.308. The highest BCUT2D eigenvalue weighted by molar-refractivity contribution is 5.96. The van der Waals surface area contributed by atoms with Crippen LogP contribution in [0.2, 0.25) is 0 Å². The first-order valence-corrected chi connectivity index (χ1v) is 12.2. The lowest BCUT2D eigenvalue weighted by molar-refractivity contribution is -0.158. The molecular weight excluding hydrogens is 480 g/mol. The minimum absolute atomic E-state index is 0.130. The fourth-order valence-corrected chi connectivity index (χ4v) is 3.48. The number of hydrogen-bond acceptors (Lipinski definition) is 8. The highest BCUT2D eigenvalue weighted by atomic mass is 16.6. The Balaban J connectivity index is 3.45. The van der Waals surface area contributed by atoms with E-state index in [0.29, 0.717) is 5.56 Å². The summed E-state index contributed by atoms with van der Waals surface area (Å²) in [5.41, 5.74) is 4.54. The van der Waals surface area contributed by atoms with E-state index in [1.807, 2.05) is 13.8 Å². The Hall–Kier alpha value is -3.34. The molecule has 0 bridgehead atoms. The molecule has 0 heterocycles. The van der Waals surface area contributed by atoms with Crippen LogP contribution in [0.1, 0.15) is 73.8 Å². The van der Waals surface area contributed by atoms with Gasteiger partial charge in [-0.2, -0.15) is 0 Å². The summed E-state index contributed by atoms with van der Waals surface area (Å²) in [6.07, 6.45) is -0.808. The summed E-state index contributed by atoms with van der Waals surface area (Å²) < 4.78 is 11.0. The van der Waals surface area contributed by atoms with Crippen molar-refractivity contribution in [3.8, 4) is 5.75 Å². The second-order valence-electron chi connectivity index (χ2n) is 11.3. The number of rotatable bonds is 9. The standard InChI is InChI=1S/C26H42N4O7/c1-14(2)20(21(23(34)36-25(4,5)6)30-24(35)37-26(7,8)9)17-11-10-16(31)12-18(17)29-19(32)13-28-22(33)15(3)27/h10-12,14-15,20-21,31H,13,27H2,1-9H3,(H,28,33)(H,29,32)(H,30,35)/t15-,20-,21-/m1/s1. The molecule has 0 saturated heterocycles. The van der Waals surface area contributed by atoms with Gasteiger partial charge in [0.1, 0.15) is 23.0 Å². The van der Waals surface area contributed by atoms with E-state index in [4.69, 9.17) is 15.2 Å². The van der Waals surface area contributed by atoms with E-state index >= 15 is 0 Å². The zero-order chi connectivity index (χ0) is 28.7. The molecule has 3 amide bonds. The number of nitrogens with two attached hydrogens (primary N) is 1. The van der Waals surface area contributed by atoms with Gasteiger partial charge in [-0.05, 0) is 66.0 Å². The van der Waals surface area contributed by atoms with E-state index < -0.39 is 53.1 Å². The molecule has 37 heavy (non-hydrogen) atoms. The van der Waals surface area contributed by atoms with Crippen LogP contribution in [-0.4, -0.2) is 58.8 Å². The van der Waals surface area contributed by atoms with Crippen molar-refractivity contribution in [1.29, 1.82) is 0 Å². The second-order valence-corrected chi connectivity index (χ2v) is 11.3. The van der Waals surface area contributed by atoms with E-state index in [1.54, 1.807) is 47.6 Å². The van der Waals surface area contributed by atoms with Crippen molar-refractivity contribution in [2.75, 3.05) is 11.9 Å². The van der Waals surface area contributed by atoms with Gasteiger partial charge in [-0.1, -0.05) is 19.9 Å². The summed E-state index contributed by atoms with van der Waals surface area (Å²) in [5.74, 6) is -2.83. The van der Waals surface area contributed by atoms with Crippen LogP contribution in [0.15, 0.2) is 18.2 Å². The molecule has 6 N–H and O–H groups in total. The Morgan fingerprint density at radius 1 is 0.973 bits per heavy atom. The summed E-state index contributed by atoms with van der Waals surface area (Å²) in [7, 11) is 0. The van der Waals surface area contributed by atoms with Gasteiger partial charge in [0, 0.05) is 17.7 Å². The predicted molar refractivity (Wildman–Crippen MR) is 140 cm³/mol. The summed E-state index contributed by atoms with van der Waals surface area (Å²) >= 11 is 0. The first kappa shape index (κ1) is 31.7. The van der Waals surface area contributed by atoms with E-state index in [0.717, 1.165) is 0 Å². The van der Waals surface area contributed by atoms with Crippen LogP contribution >= 0.6 is 0 Å². The number of carbonyl (C=O) groups excluding carboxylic acids is 4. The molecule has 0 unspecified atom stereocenters. The van der Waals surface area contributed by atoms with E-state index in [2.05, 4.69) is 16.0 Å². The van der Waals surface area contributed by atoms with E-state index in [-0.39, 0.29) is 23.9 Å². The minimum atomic E-state index is -1.19. The Morgan fingerprint density at radius 3 is 2.03 bits per heavy atom. The number of esters is 1. The second kappa shape index (κ2) is 12.8. The Morgan fingerprint density at radius 2 is 1.54 bits per heavy atom. The topological polar surface area (TPSA) is 169 Å². The fourth-order valence-electron chi connectivity index (χ4n) is 3.48. The maximum absolute atomic E-state index is 13.3. The number of carbonyl (C=O) groups is 4. The van der Waals surface area contributed by atoms with Gasteiger partial charge in [0.15, 0.2) is 0 Å². The number of benzene rings is 1. The molecule has 11 nitrogen and oxygen atoms in total. The van der Waals surface area contributed by atoms with Crippen LogP contribution in [0.25, 0.3) is 0 Å². The van der Waals surface area contributed by atoms with Gasteiger partial charge >= 0.3 is 12.1 Å². The largest absolute Gasteiger partial charge is 0.508 e.